The summed E-state index contributed by atoms with van der Waals surface area (Å²) in [7, 11) is 0. The fourth-order valence-corrected chi connectivity index (χ4v) is 2.78. The predicted molar refractivity (Wildman–Crippen MR) is 84.5 cm³/mol. The first kappa shape index (κ1) is 15.0. The maximum absolute atomic E-state index is 5.75. The molecule has 1 saturated carbocycles. The number of benzene rings is 1. The topological polar surface area (TPSA) is 30.5 Å². The van der Waals surface area contributed by atoms with E-state index in [9.17, 15) is 0 Å². The van der Waals surface area contributed by atoms with Gasteiger partial charge in [-0.15, -0.1) is 0 Å². The van der Waals surface area contributed by atoms with E-state index >= 15 is 0 Å². The van der Waals surface area contributed by atoms with Crippen LogP contribution in [0, 0.1) is 0 Å². The largest absolute Gasteiger partial charge is 0.376 e. The molecule has 3 heteroatoms. The molecule has 0 amide bonds. The third-order valence-electron chi connectivity index (χ3n) is 4.44. The summed E-state index contributed by atoms with van der Waals surface area (Å²) < 4.78 is 11.3. The molecule has 1 heterocycles. The fraction of sp³-hybridized carbons (Fsp3) is 0.667. The molecular weight excluding hydrogens is 262 g/mol. The number of ether oxygens (including phenoxy) is 2. The van der Waals surface area contributed by atoms with Crippen LogP contribution in [0.1, 0.15) is 49.7 Å². The van der Waals surface area contributed by atoms with Crippen molar-refractivity contribution in [2.75, 3.05) is 19.8 Å². The summed E-state index contributed by atoms with van der Waals surface area (Å²) in [5, 5.41) is 3.60. The van der Waals surface area contributed by atoms with Gasteiger partial charge in [-0.3, -0.25) is 0 Å². The zero-order valence-corrected chi connectivity index (χ0v) is 13.0. The molecule has 2 aliphatic rings. The van der Waals surface area contributed by atoms with Crippen molar-refractivity contribution in [2.24, 2.45) is 0 Å². The van der Waals surface area contributed by atoms with Crippen molar-refractivity contribution < 1.29 is 9.47 Å². The summed E-state index contributed by atoms with van der Waals surface area (Å²) in [5.41, 5.74) is 2.66. The van der Waals surface area contributed by atoms with E-state index in [0.29, 0.717) is 18.6 Å². The highest BCUT2D eigenvalue weighted by atomic mass is 16.5. The molecule has 1 aliphatic carbocycles. The van der Waals surface area contributed by atoms with Gasteiger partial charge in [-0.05, 0) is 42.7 Å². The van der Waals surface area contributed by atoms with Crippen LogP contribution in [0.15, 0.2) is 24.3 Å². The molecule has 1 N–H and O–H groups in total. The van der Waals surface area contributed by atoms with Crippen molar-refractivity contribution in [2.45, 2.75) is 57.3 Å². The number of hydrogen-bond acceptors (Lipinski definition) is 3. The molecule has 1 saturated heterocycles. The van der Waals surface area contributed by atoms with Crippen LogP contribution in [0.25, 0.3) is 0 Å². The number of nitrogens with one attached hydrogen (secondary N) is 1. The van der Waals surface area contributed by atoms with Gasteiger partial charge in [0.25, 0.3) is 0 Å². The van der Waals surface area contributed by atoms with E-state index in [1.807, 2.05) is 0 Å². The molecule has 1 aromatic rings. The first-order valence-corrected chi connectivity index (χ1v) is 8.33. The van der Waals surface area contributed by atoms with Crippen molar-refractivity contribution in [3.05, 3.63) is 35.4 Å². The second-order valence-corrected chi connectivity index (χ2v) is 6.48. The first-order valence-electron chi connectivity index (χ1n) is 8.33. The highest BCUT2D eigenvalue weighted by molar-refractivity contribution is 5.25. The number of hydrogen-bond donors (Lipinski definition) is 1. The molecule has 2 unspecified atom stereocenters. The lowest BCUT2D eigenvalue weighted by atomic mass is 10.00. The van der Waals surface area contributed by atoms with E-state index in [1.54, 1.807) is 0 Å². The molecule has 3 rings (SSSR count). The SMILES string of the molecule is CC(CNC1CC1)c1ccc(COCC2CCCO2)cc1. The molecule has 0 aromatic heterocycles. The normalized spacial score (nSPS) is 23.4. The third kappa shape index (κ3) is 4.80. The molecule has 3 nitrogen and oxygen atoms in total. The van der Waals surface area contributed by atoms with Crippen molar-refractivity contribution in [3.8, 4) is 0 Å². The smallest absolute Gasteiger partial charge is 0.0809 e. The second-order valence-electron chi connectivity index (χ2n) is 6.48. The molecule has 116 valence electrons. The standard InChI is InChI=1S/C18H27NO2/c1-14(11-19-17-8-9-17)16-6-4-15(5-7-16)12-20-13-18-3-2-10-21-18/h4-7,14,17-19H,2-3,8-13H2,1H3. The highest BCUT2D eigenvalue weighted by Gasteiger charge is 2.21. The van der Waals surface area contributed by atoms with Crippen LogP contribution in [-0.2, 0) is 16.1 Å². The summed E-state index contributed by atoms with van der Waals surface area (Å²) in [6, 6.07) is 9.66. The van der Waals surface area contributed by atoms with Crippen molar-refractivity contribution in [1.82, 2.24) is 5.32 Å². The van der Waals surface area contributed by atoms with Crippen LogP contribution >= 0.6 is 0 Å². The quantitative estimate of drug-likeness (QED) is 0.797. The van der Waals surface area contributed by atoms with Gasteiger partial charge in [0.15, 0.2) is 0 Å². The zero-order chi connectivity index (χ0) is 14.5. The molecule has 0 spiro atoms. The van der Waals surface area contributed by atoms with E-state index in [2.05, 4.69) is 36.5 Å². The van der Waals surface area contributed by atoms with E-state index in [-0.39, 0.29) is 0 Å². The van der Waals surface area contributed by atoms with Gasteiger partial charge in [0.1, 0.15) is 0 Å². The Morgan fingerprint density at radius 3 is 2.71 bits per heavy atom. The van der Waals surface area contributed by atoms with Gasteiger partial charge in [-0.25, -0.2) is 0 Å². The van der Waals surface area contributed by atoms with Crippen LogP contribution in [0.2, 0.25) is 0 Å². The monoisotopic (exact) mass is 289 g/mol. The minimum atomic E-state index is 0.317. The predicted octanol–water partition coefficient (Wildman–Crippen LogP) is 3.24. The lowest BCUT2D eigenvalue weighted by molar-refractivity contribution is 0.0106. The zero-order valence-electron chi connectivity index (χ0n) is 13.0. The van der Waals surface area contributed by atoms with Gasteiger partial charge in [-0.1, -0.05) is 31.2 Å². The van der Waals surface area contributed by atoms with Crippen LogP contribution < -0.4 is 5.32 Å². The summed E-state index contributed by atoms with van der Waals surface area (Å²) in [5.74, 6) is 0.576. The average Bonchev–Trinajstić information content (AvgIpc) is 3.20. The summed E-state index contributed by atoms with van der Waals surface area (Å²) >= 11 is 0. The van der Waals surface area contributed by atoms with Crippen molar-refractivity contribution >= 4 is 0 Å². The van der Waals surface area contributed by atoms with Gasteiger partial charge in [-0.2, -0.15) is 0 Å². The molecular formula is C18H27NO2. The van der Waals surface area contributed by atoms with E-state index in [0.717, 1.165) is 32.2 Å². The maximum Gasteiger partial charge on any atom is 0.0809 e. The third-order valence-corrected chi connectivity index (χ3v) is 4.44. The van der Waals surface area contributed by atoms with Gasteiger partial charge in [0.2, 0.25) is 0 Å². The van der Waals surface area contributed by atoms with E-state index < -0.39 is 0 Å². The van der Waals surface area contributed by atoms with Crippen LogP contribution in [0.5, 0.6) is 0 Å². The Bertz CT molecular complexity index is 421. The van der Waals surface area contributed by atoms with Crippen molar-refractivity contribution in [1.29, 1.82) is 0 Å². The lowest BCUT2D eigenvalue weighted by Crippen LogP contribution is -2.22. The molecule has 1 aromatic carbocycles. The van der Waals surface area contributed by atoms with Crippen LogP contribution in [0.4, 0.5) is 0 Å². The molecule has 2 atom stereocenters. The highest BCUT2D eigenvalue weighted by Crippen LogP contribution is 2.21. The Balaban J connectivity index is 1.39. The molecule has 0 radical (unpaired) electrons. The van der Waals surface area contributed by atoms with Crippen molar-refractivity contribution in [3.63, 3.8) is 0 Å². The average molecular weight is 289 g/mol. The first-order chi connectivity index (χ1) is 10.3. The van der Waals surface area contributed by atoms with E-state index in [4.69, 9.17) is 9.47 Å². The lowest BCUT2D eigenvalue weighted by Gasteiger charge is -2.14. The summed E-state index contributed by atoms with van der Waals surface area (Å²) in [6.45, 7) is 5.69. The van der Waals surface area contributed by atoms with Crippen LogP contribution in [-0.4, -0.2) is 31.9 Å². The molecule has 0 bridgehead atoms. The Labute approximate surface area is 128 Å². The molecule has 21 heavy (non-hydrogen) atoms. The minimum Gasteiger partial charge on any atom is -0.376 e. The summed E-state index contributed by atoms with van der Waals surface area (Å²) in [4.78, 5) is 0. The summed E-state index contributed by atoms with van der Waals surface area (Å²) in [6.07, 6.45) is 5.35. The maximum atomic E-state index is 5.75. The van der Waals surface area contributed by atoms with Gasteiger partial charge >= 0.3 is 0 Å². The minimum absolute atomic E-state index is 0.317. The van der Waals surface area contributed by atoms with Gasteiger partial charge in [0, 0.05) is 19.2 Å². The van der Waals surface area contributed by atoms with Gasteiger partial charge in [0.05, 0.1) is 19.3 Å². The number of rotatable bonds is 8. The Morgan fingerprint density at radius 2 is 2.05 bits per heavy atom. The fourth-order valence-electron chi connectivity index (χ4n) is 2.78. The Morgan fingerprint density at radius 1 is 1.24 bits per heavy atom. The molecule has 1 aliphatic heterocycles. The van der Waals surface area contributed by atoms with Crippen LogP contribution in [0.3, 0.4) is 0 Å². The second kappa shape index (κ2) is 7.39. The van der Waals surface area contributed by atoms with Gasteiger partial charge < -0.3 is 14.8 Å². The Kier molecular flexibility index (Phi) is 5.28. The molecule has 2 fully saturated rings. The van der Waals surface area contributed by atoms with E-state index in [1.165, 1.54) is 30.4 Å². The Hall–Kier alpha value is -0.900.